The van der Waals surface area contributed by atoms with E-state index in [2.05, 4.69) is 60.4 Å². The second-order valence-electron chi connectivity index (χ2n) is 9.15. The Balaban J connectivity index is 1.72. The van der Waals surface area contributed by atoms with E-state index in [-0.39, 0.29) is 5.82 Å². The molecular formula is C30H36N6O2S. The number of anilines is 2. The molecular weight excluding hydrogens is 508 g/mol. The molecule has 0 spiro atoms. The summed E-state index contributed by atoms with van der Waals surface area (Å²) >= 11 is 1.63. The van der Waals surface area contributed by atoms with Crippen molar-refractivity contribution in [3.8, 4) is 17.2 Å². The van der Waals surface area contributed by atoms with Crippen molar-refractivity contribution in [3.63, 3.8) is 0 Å². The minimum Gasteiger partial charge on any atom is -0.492 e. The molecule has 4 aromatic rings. The number of ether oxygens (including phenoxy) is 2. The lowest BCUT2D eigenvalue weighted by Gasteiger charge is -2.15. The number of unbranched alkanes of at least 4 members (excludes halogenated alkanes) is 2. The summed E-state index contributed by atoms with van der Waals surface area (Å²) in [7, 11) is 0. The molecule has 3 aromatic carbocycles. The number of hydrogen-bond donors (Lipinski definition) is 2. The van der Waals surface area contributed by atoms with Gasteiger partial charge in [-0.3, -0.25) is 0 Å². The minimum atomic E-state index is 0.194. The van der Waals surface area contributed by atoms with Crippen LogP contribution in [0.2, 0.25) is 0 Å². The predicted octanol–water partition coefficient (Wildman–Crippen LogP) is 8.27. The Hall–Kier alpha value is -3.98. The number of aryl methyl sites for hydroxylation is 1. The highest BCUT2D eigenvalue weighted by Gasteiger charge is 2.17. The van der Waals surface area contributed by atoms with E-state index in [9.17, 15) is 0 Å². The average Bonchev–Trinajstić information content (AvgIpc) is 3.23. The zero-order valence-electron chi connectivity index (χ0n) is 22.8. The highest BCUT2D eigenvalue weighted by atomic mass is 32.2. The fourth-order valence-electron chi connectivity index (χ4n) is 3.72. The van der Waals surface area contributed by atoms with E-state index in [0.29, 0.717) is 36.2 Å². The first-order valence-corrected chi connectivity index (χ1v) is 14.1. The Morgan fingerprint density at radius 2 is 1.51 bits per heavy atom. The second-order valence-corrected chi connectivity index (χ2v) is 10.3. The van der Waals surface area contributed by atoms with Crippen LogP contribution in [0.25, 0.3) is 5.69 Å². The minimum absolute atomic E-state index is 0.194. The third-order valence-corrected chi connectivity index (χ3v) is 7.01. The number of nitrogens with zero attached hydrogens (tertiary/aromatic N) is 4. The van der Waals surface area contributed by atoms with Gasteiger partial charge < -0.3 is 20.9 Å². The maximum atomic E-state index is 6.38. The highest BCUT2D eigenvalue weighted by molar-refractivity contribution is 7.99. The monoisotopic (exact) mass is 544 g/mol. The van der Waals surface area contributed by atoms with Gasteiger partial charge in [0.1, 0.15) is 17.2 Å². The molecule has 4 N–H and O–H groups in total. The number of aromatic nitrogens is 2. The highest BCUT2D eigenvalue weighted by Crippen LogP contribution is 2.44. The summed E-state index contributed by atoms with van der Waals surface area (Å²) in [6, 6.07) is 21.8. The molecule has 0 bridgehead atoms. The van der Waals surface area contributed by atoms with Crippen LogP contribution in [0.4, 0.5) is 23.0 Å². The number of hydrogen-bond acceptors (Lipinski definition) is 8. The van der Waals surface area contributed by atoms with E-state index < -0.39 is 0 Å². The van der Waals surface area contributed by atoms with Gasteiger partial charge in [0.2, 0.25) is 0 Å². The molecule has 4 rings (SSSR count). The molecule has 0 aliphatic heterocycles. The van der Waals surface area contributed by atoms with Crippen LogP contribution in [0.5, 0.6) is 11.5 Å². The van der Waals surface area contributed by atoms with Gasteiger partial charge in [0, 0.05) is 17.0 Å². The number of nitrogens with two attached hydrogens (primary N) is 2. The largest absolute Gasteiger partial charge is 0.492 e. The van der Waals surface area contributed by atoms with Crippen LogP contribution < -0.4 is 20.9 Å². The molecule has 0 radical (unpaired) electrons. The molecule has 0 saturated heterocycles. The zero-order chi connectivity index (χ0) is 27.6. The fourth-order valence-corrected chi connectivity index (χ4v) is 4.63. The number of azo groups is 1. The van der Waals surface area contributed by atoms with E-state index in [0.717, 1.165) is 46.9 Å². The molecule has 9 heteroatoms. The molecule has 0 saturated carbocycles. The summed E-state index contributed by atoms with van der Waals surface area (Å²) in [6.07, 6.45) is 3.93. The standard InChI is InChI=1S/C30H36N6O2S/c1-4-6-17-37-25-20-27(39-23-15-13-21(3)14-16-23)26(38-18-7-5-2)19-24(25)33-34-28-29(31)35-36(30(28)32)22-11-9-8-10-12-22/h8-16,19-20H,4-7,17-18,32H2,1-3H3,(H2,31,35). The second kappa shape index (κ2) is 13.7. The maximum Gasteiger partial charge on any atom is 0.176 e. The van der Waals surface area contributed by atoms with Gasteiger partial charge in [0.25, 0.3) is 0 Å². The first-order valence-electron chi connectivity index (χ1n) is 13.3. The van der Waals surface area contributed by atoms with Crippen molar-refractivity contribution < 1.29 is 9.47 Å². The molecule has 0 aliphatic rings. The van der Waals surface area contributed by atoms with Gasteiger partial charge in [-0.2, -0.15) is 0 Å². The third kappa shape index (κ3) is 7.32. The van der Waals surface area contributed by atoms with Gasteiger partial charge in [-0.1, -0.05) is 74.3 Å². The smallest absolute Gasteiger partial charge is 0.176 e. The van der Waals surface area contributed by atoms with Crippen LogP contribution in [0, 0.1) is 6.92 Å². The molecule has 8 nitrogen and oxygen atoms in total. The maximum absolute atomic E-state index is 6.38. The van der Waals surface area contributed by atoms with Gasteiger partial charge in [-0.05, 0) is 44.0 Å². The van der Waals surface area contributed by atoms with Crippen molar-refractivity contribution in [1.82, 2.24) is 9.78 Å². The third-order valence-electron chi connectivity index (χ3n) is 5.96. The van der Waals surface area contributed by atoms with Crippen molar-refractivity contribution in [3.05, 3.63) is 72.3 Å². The topological polar surface area (TPSA) is 113 Å². The average molecular weight is 545 g/mol. The van der Waals surface area contributed by atoms with Crippen molar-refractivity contribution in [2.24, 2.45) is 10.2 Å². The van der Waals surface area contributed by atoms with E-state index in [1.807, 2.05) is 42.5 Å². The molecule has 0 amide bonds. The van der Waals surface area contributed by atoms with Gasteiger partial charge in [-0.15, -0.1) is 15.3 Å². The fraction of sp³-hybridized carbons (Fsp3) is 0.300. The molecule has 39 heavy (non-hydrogen) atoms. The first kappa shape index (κ1) is 28.0. The number of rotatable bonds is 13. The Morgan fingerprint density at radius 1 is 0.846 bits per heavy atom. The van der Waals surface area contributed by atoms with Gasteiger partial charge >= 0.3 is 0 Å². The van der Waals surface area contributed by atoms with E-state index >= 15 is 0 Å². The Morgan fingerprint density at radius 3 is 2.18 bits per heavy atom. The summed E-state index contributed by atoms with van der Waals surface area (Å²) in [6.45, 7) is 7.52. The van der Waals surface area contributed by atoms with E-state index in [1.165, 1.54) is 5.56 Å². The Bertz CT molecular complexity index is 1390. The summed E-state index contributed by atoms with van der Waals surface area (Å²) in [5, 5.41) is 13.3. The molecule has 1 aromatic heterocycles. The number of nitrogen functional groups attached to an aromatic ring is 2. The van der Waals surface area contributed by atoms with Gasteiger partial charge in [0.15, 0.2) is 17.3 Å². The van der Waals surface area contributed by atoms with Crippen LogP contribution in [-0.2, 0) is 0 Å². The summed E-state index contributed by atoms with van der Waals surface area (Å²) in [5.41, 5.74) is 15.4. The summed E-state index contributed by atoms with van der Waals surface area (Å²) in [4.78, 5) is 2.07. The van der Waals surface area contributed by atoms with Gasteiger partial charge in [0.05, 0.1) is 23.8 Å². The van der Waals surface area contributed by atoms with Crippen LogP contribution >= 0.6 is 11.8 Å². The molecule has 0 atom stereocenters. The lowest BCUT2D eigenvalue weighted by Crippen LogP contribution is -2.01. The van der Waals surface area contributed by atoms with Crippen molar-refractivity contribution in [2.75, 3.05) is 24.7 Å². The quantitative estimate of drug-likeness (QED) is 0.129. The van der Waals surface area contributed by atoms with E-state index in [4.69, 9.17) is 20.9 Å². The lowest BCUT2D eigenvalue weighted by atomic mass is 10.2. The van der Waals surface area contributed by atoms with Crippen LogP contribution in [0.1, 0.15) is 45.1 Å². The summed E-state index contributed by atoms with van der Waals surface area (Å²) in [5.74, 6) is 1.85. The first-order chi connectivity index (χ1) is 19.0. The summed E-state index contributed by atoms with van der Waals surface area (Å²) < 4.78 is 13.9. The predicted molar refractivity (Wildman–Crippen MR) is 159 cm³/mol. The molecule has 204 valence electrons. The van der Waals surface area contributed by atoms with Crippen LogP contribution in [-0.4, -0.2) is 23.0 Å². The molecule has 1 heterocycles. The van der Waals surface area contributed by atoms with Gasteiger partial charge in [-0.25, -0.2) is 4.68 Å². The van der Waals surface area contributed by atoms with Crippen molar-refractivity contribution in [1.29, 1.82) is 0 Å². The van der Waals surface area contributed by atoms with E-state index in [1.54, 1.807) is 16.4 Å². The molecule has 0 aliphatic carbocycles. The Labute approximate surface area is 234 Å². The lowest BCUT2D eigenvalue weighted by molar-refractivity contribution is 0.295. The van der Waals surface area contributed by atoms with Crippen molar-refractivity contribution in [2.45, 2.75) is 56.2 Å². The van der Waals surface area contributed by atoms with Crippen LogP contribution in [0.15, 0.2) is 86.7 Å². The van der Waals surface area contributed by atoms with Crippen LogP contribution in [0.3, 0.4) is 0 Å². The zero-order valence-corrected chi connectivity index (χ0v) is 23.6. The SMILES string of the molecule is CCCCOc1cc(Sc2ccc(C)cc2)c(OCCCC)cc1N=Nc1c(N)nn(-c2ccccc2)c1N. The van der Waals surface area contributed by atoms with Crippen molar-refractivity contribution >= 4 is 34.8 Å². The molecule has 0 unspecified atom stereocenters. The Kier molecular flexibility index (Phi) is 9.85. The number of benzene rings is 3. The number of para-hydroxylation sites is 1. The molecule has 0 fully saturated rings. The normalized spacial score (nSPS) is 11.3.